The first kappa shape index (κ1) is 16.0. The lowest BCUT2D eigenvalue weighted by Crippen LogP contribution is -2.22. The molecule has 0 spiro atoms. The van der Waals surface area contributed by atoms with Gasteiger partial charge in [0.15, 0.2) is 5.75 Å². The van der Waals surface area contributed by atoms with Crippen molar-refractivity contribution in [1.82, 2.24) is 15.3 Å². The molecule has 4 heteroatoms. The van der Waals surface area contributed by atoms with Crippen LogP contribution in [-0.4, -0.2) is 23.6 Å². The second-order valence-electron chi connectivity index (χ2n) is 6.22. The van der Waals surface area contributed by atoms with Crippen LogP contribution in [0, 0.1) is 11.8 Å². The number of aromatic nitrogens is 2. The summed E-state index contributed by atoms with van der Waals surface area (Å²) in [6.45, 7) is 7.96. The highest BCUT2D eigenvalue weighted by molar-refractivity contribution is 5.25. The molecule has 0 radical (unpaired) electrons. The van der Waals surface area contributed by atoms with Crippen LogP contribution in [0.4, 0.5) is 0 Å². The molecule has 1 aliphatic carbocycles. The fourth-order valence-electron chi connectivity index (χ4n) is 2.55. The Hall–Kier alpha value is -1.42. The summed E-state index contributed by atoms with van der Waals surface area (Å²) in [5.41, 5.74) is 0.954. The predicted octanol–water partition coefficient (Wildman–Crippen LogP) is 3.30. The maximum atomic E-state index is 6.04. The van der Waals surface area contributed by atoms with Gasteiger partial charge in [-0.05, 0) is 31.7 Å². The van der Waals surface area contributed by atoms with Gasteiger partial charge < -0.3 is 10.1 Å². The lowest BCUT2D eigenvalue weighted by atomic mass is 9.85. The van der Waals surface area contributed by atoms with Crippen molar-refractivity contribution in [2.75, 3.05) is 13.7 Å². The molecule has 2 rings (SSSR count). The lowest BCUT2D eigenvalue weighted by Gasteiger charge is -2.25. The molecule has 0 aromatic carbocycles. The molecule has 21 heavy (non-hydrogen) atoms. The first-order valence-electron chi connectivity index (χ1n) is 7.90. The molecule has 2 unspecified atom stereocenters. The quantitative estimate of drug-likeness (QED) is 0.816. The van der Waals surface area contributed by atoms with E-state index >= 15 is 0 Å². The second-order valence-corrected chi connectivity index (χ2v) is 6.22. The Morgan fingerprint density at radius 1 is 1.33 bits per heavy atom. The van der Waals surface area contributed by atoms with E-state index in [4.69, 9.17) is 4.74 Å². The number of rotatable bonds is 6. The summed E-state index contributed by atoms with van der Waals surface area (Å²) < 4.78 is 6.04. The molecule has 0 saturated carbocycles. The van der Waals surface area contributed by atoms with E-state index in [-0.39, 0.29) is 0 Å². The molecule has 1 aromatic rings. The SMILES string of the molecule is CNCc1nc(C(C)C)ncc1OCC1CC=CCC1C. The van der Waals surface area contributed by atoms with Crippen molar-refractivity contribution >= 4 is 0 Å². The van der Waals surface area contributed by atoms with Gasteiger partial charge in [-0.3, -0.25) is 0 Å². The predicted molar refractivity (Wildman–Crippen MR) is 85.4 cm³/mol. The van der Waals surface area contributed by atoms with E-state index in [1.807, 2.05) is 13.2 Å². The number of hydrogen-bond donors (Lipinski definition) is 1. The van der Waals surface area contributed by atoms with Crippen molar-refractivity contribution in [2.45, 2.75) is 46.1 Å². The van der Waals surface area contributed by atoms with Gasteiger partial charge in [0.1, 0.15) is 5.82 Å². The highest BCUT2D eigenvalue weighted by atomic mass is 16.5. The van der Waals surface area contributed by atoms with Crippen LogP contribution in [0.25, 0.3) is 0 Å². The van der Waals surface area contributed by atoms with Gasteiger partial charge in [-0.2, -0.15) is 0 Å². The minimum atomic E-state index is 0.332. The molecule has 0 fully saturated rings. The van der Waals surface area contributed by atoms with Gasteiger partial charge in [-0.25, -0.2) is 9.97 Å². The monoisotopic (exact) mass is 289 g/mol. The van der Waals surface area contributed by atoms with Gasteiger partial charge in [0.25, 0.3) is 0 Å². The average molecular weight is 289 g/mol. The lowest BCUT2D eigenvalue weighted by molar-refractivity contribution is 0.195. The summed E-state index contributed by atoms with van der Waals surface area (Å²) in [5, 5.41) is 3.16. The first-order valence-corrected chi connectivity index (χ1v) is 7.90. The Bertz CT molecular complexity index is 485. The fourth-order valence-corrected chi connectivity index (χ4v) is 2.55. The van der Waals surface area contributed by atoms with Crippen molar-refractivity contribution < 1.29 is 4.74 Å². The van der Waals surface area contributed by atoms with Crippen LogP contribution < -0.4 is 10.1 Å². The summed E-state index contributed by atoms with van der Waals surface area (Å²) in [6.07, 6.45) is 8.63. The summed E-state index contributed by atoms with van der Waals surface area (Å²) >= 11 is 0. The summed E-state index contributed by atoms with van der Waals surface area (Å²) in [7, 11) is 1.93. The van der Waals surface area contributed by atoms with Crippen LogP contribution in [0.3, 0.4) is 0 Å². The normalized spacial score (nSPS) is 21.8. The Morgan fingerprint density at radius 3 is 2.76 bits per heavy atom. The van der Waals surface area contributed by atoms with Gasteiger partial charge >= 0.3 is 0 Å². The highest BCUT2D eigenvalue weighted by Gasteiger charge is 2.20. The number of hydrogen-bond acceptors (Lipinski definition) is 4. The first-order chi connectivity index (χ1) is 10.1. The van der Waals surface area contributed by atoms with E-state index in [0.29, 0.717) is 24.3 Å². The zero-order valence-electron chi connectivity index (χ0n) is 13.6. The number of nitrogens with one attached hydrogen (secondary N) is 1. The van der Waals surface area contributed by atoms with Crippen LogP contribution in [0.2, 0.25) is 0 Å². The number of allylic oxidation sites excluding steroid dienone is 2. The highest BCUT2D eigenvalue weighted by Crippen LogP contribution is 2.26. The van der Waals surface area contributed by atoms with Crippen molar-refractivity contribution in [1.29, 1.82) is 0 Å². The number of nitrogens with zero attached hydrogens (tertiary/aromatic N) is 2. The van der Waals surface area contributed by atoms with Crippen LogP contribution in [-0.2, 0) is 6.54 Å². The van der Waals surface area contributed by atoms with E-state index in [1.54, 1.807) is 0 Å². The standard InChI is InChI=1S/C17H27N3O/c1-12(2)17-19-10-16(15(20-17)9-18-4)21-11-14-8-6-5-7-13(14)3/h5-6,10,12-14,18H,7-9,11H2,1-4H3. The van der Waals surface area contributed by atoms with E-state index in [0.717, 1.165) is 36.7 Å². The third kappa shape index (κ3) is 4.27. The smallest absolute Gasteiger partial charge is 0.160 e. The summed E-state index contributed by atoms with van der Waals surface area (Å²) in [5.74, 6) is 3.29. The van der Waals surface area contributed by atoms with E-state index in [2.05, 4.69) is 48.2 Å². The second kappa shape index (κ2) is 7.55. The van der Waals surface area contributed by atoms with Gasteiger partial charge in [-0.1, -0.05) is 32.9 Å². The topological polar surface area (TPSA) is 47.0 Å². The molecule has 116 valence electrons. The zero-order valence-corrected chi connectivity index (χ0v) is 13.6. The van der Waals surface area contributed by atoms with Crippen molar-refractivity contribution in [3.63, 3.8) is 0 Å². The molecule has 1 N–H and O–H groups in total. The van der Waals surface area contributed by atoms with Crippen LogP contribution in [0.5, 0.6) is 5.75 Å². The Balaban J connectivity index is 2.06. The van der Waals surface area contributed by atoms with Crippen LogP contribution in [0.1, 0.15) is 51.0 Å². The van der Waals surface area contributed by atoms with Gasteiger partial charge in [0.05, 0.1) is 18.5 Å². The van der Waals surface area contributed by atoms with Crippen LogP contribution >= 0.6 is 0 Å². The summed E-state index contributed by atoms with van der Waals surface area (Å²) in [6, 6.07) is 0. The molecule has 1 aliphatic rings. The number of ether oxygens (including phenoxy) is 1. The van der Waals surface area contributed by atoms with Gasteiger partial charge in [0, 0.05) is 12.5 Å². The van der Waals surface area contributed by atoms with Crippen molar-refractivity contribution in [2.24, 2.45) is 11.8 Å². The Labute approximate surface area is 128 Å². The maximum absolute atomic E-state index is 6.04. The minimum Gasteiger partial charge on any atom is -0.490 e. The van der Waals surface area contributed by atoms with Crippen molar-refractivity contribution in [3.8, 4) is 5.75 Å². The molecule has 0 saturated heterocycles. The molecular formula is C17H27N3O. The molecule has 0 bridgehead atoms. The minimum absolute atomic E-state index is 0.332. The molecular weight excluding hydrogens is 262 g/mol. The van der Waals surface area contributed by atoms with E-state index < -0.39 is 0 Å². The fraction of sp³-hybridized carbons (Fsp3) is 0.647. The largest absolute Gasteiger partial charge is 0.490 e. The molecule has 2 atom stereocenters. The summed E-state index contributed by atoms with van der Waals surface area (Å²) in [4.78, 5) is 9.06. The maximum Gasteiger partial charge on any atom is 0.160 e. The van der Waals surface area contributed by atoms with Gasteiger partial charge in [0.2, 0.25) is 0 Å². The van der Waals surface area contributed by atoms with E-state index in [9.17, 15) is 0 Å². The van der Waals surface area contributed by atoms with E-state index in [1.165, 1.54) is 0 Å². The van der Waals surface area contributed by atoms with Gasteiger partial charge in [-0.15, -0.1) is 0 Å². The molecule has 0 amide bonds. The average Bonchev–Trinajstić information content (AvgIpc) is 2.47. The van der Waals surface area contributed by atoms with Crippen molar-refractivity contribution in [3.05, 3.63) is 29.9 Å². The third-order valence-electron chi connectivity index (χ3n) is 4.08. The molecule has 1 heterocycles. The Morgan fingerprint density at radius 2 is 2.10 bits per heavy atom. The third-order valence-corrected chi connectivity index (χ3v) is 4.08. The zero-order chi connectivity index (χ0) is 15.2. The van der Waals surface area contributed by atoms with Crippen LogP contribution in [0.15, 0.2) is 18.3 Å². The molecule has 0 aliphatic heterocycles. The molecule has 4 nitrogen and oxygen atoms in total. The Kier molecular flexibility index (Phi) is 5.74. The molecule has 1 aromatic heterocycles.